The largest absolute Gasteiger partial charge is 0.489 e. The zero-order valence-corrected chi connectivity index (χ0v) is 20.9. The molecule has 0 saturated carbocycles. The van der Waals surface area contributed by atoms with Gasteiger partial charge in [0.1, 0.15) is 18.2 Å². The summed E-state index contributed by atoms with van der Waals surface area (Å²) in [6.45, 7) is 7.51. The average molecular weight is 486 g/mol. The lowest BCUT2D eigenvalue weighted by Gasteiger charge is -2.34. The van der Waals surface area contributed by atoms with Crippen molar-refractivity contribution in [3.05, 3.63) is 83.6 Å². The Labute approximate surface area is 211 Å². The van der Waals surface area contributed by atoms with Crippen LogP contribution < -0.4 is 15.0 Å². The summed E-state index contributed by atoms with van der Waals surface area (Å²) in [5, 5.41) is 3.17. The van der Waals surface area contributed by atoms with Crippen LogP contribution in [0.25, 0.3) is 0 Å². The third-order valence-electron chi connectivity index (χ3n) is 7.12. The highest BCUT2D eigenvalue weighted by molar-refractivity contribution is 6.12. The zero-order valence-electron chi connectivity index (χ0n) is 20.9. The molecule has 7 nitrogen and oxygen atoms in total. The molecule has 5 rings (SSSR count). The number of hydrogen-bond donors (Lipinski definition) is 1. The van der Waals surface area contributed by atoms with Crippen molar-refractivity contribution in [2.24, 2.45) is 0 Å². The van der Waals surface area contributed by atoms with Gasteiger partial charge in [0.2, 0.25) is 5.91 Å². The van der Waals surface area contributed by atoms with Crippen LogP contribution in [0.3, 0.4) is 0 Å². The van der Waals surface area contributed by atoms with E-state index >= 15 is 0 Å². The first kappa shape index (κ1) is 24.0. The van der Waals surface area contributed by atoms with Crippen LogP contribution in [-0.4, -0.2) is 35.6 Å². The Morgan fingerprint density at radius 1 is 1.06 bits per heavy atom. The number of aromatic nitrogens is 1. The minimum atomic E-state index is -0.809. The molecular formula is C29H31N3O4. The van der Waals surface area contributed by atoms with Crippen molar-refractivity contribution in [2.45, 2.75) is 51.2 Å². The molecule has 2 aliphatic heterocycles. The van der Waals surface area contributed by atoms with Gasteiger partial charge in [-0.3, -0.25) is 14.5 Å². The SMILES string of the molecule is CC1(NC(=O)c2ccc3c(c2)C(C)(C)C(=O)N3c2cc(OCc3ccccc3)ccn2)CCOCC1. The van der Waals surface area contributed by atoms with Crippen LogP contribution in [0.4, 0.5) is 11.5 Å². The van der Waals surface area contributed by atoms with E-state index in [1.165, 1.54) is 0 Å². The lowest BCUT2D eigenvalue weighted by atomic mass is 9.85. The van der Waals surface area contributed by atoms with Crippen LogP contribution in [0.2, 0.25) is 0 Å². The summed E-state index contributed by atoms with van der Waals surface area (Å²) >= 11 is 0. The zero-order chi connectivity index (χ0) is 25.3. The molecule has 2 aliphatic rings. The number of ether oxygens (including phenoxy) is 2. The maximum absolute atomic E-state index is 13.6. The molecule has 0 spiro atoms. The predicted molar refractivity (Wildman–Crippen MR) is 138 cm³/mol. The number of amides is 2. The molecule has 7 heteroatoms. The number of anilines is 2. The molecule has 1 aromatic heterocycles. The number of nitrogens with one attached hydrogen (secondary N) is 1. The highest BCUT2D eigenvalue weighted by atomic mass is 16.5. The Bertz CT molecular complexity index is 1280. The van der Waals surface area contributed by atoms with E-state index in [-0.39, 0.29) is 17.4 Å². The van der Waals surface area contributed by atoms with Crippen molar-refractivity contribution in [3.63, 3.8) is 0 Å². The predicted octanol–water partition coefficient (Wildman–Crippen LogP) is 4.92. The van der Waals surface area contributed by atoms with Gasteiger partial charge in [-0.05, 0) is 69.0 Å². The van der Waals surface area contributed by atoms with E-state index in [2.05, 4.69) is 17.2 Å². The first-order valence-corrected chi connectivity index (χ1v) is 12.3. The summed E-state index contributed by atoms with van der Waals surface area (Å²) in [4.78, 5) is 32.8. The van der Waals surface area contributed by atoms with Gasteiger partial charge in [-0.1, -0.05) is 30.3 Å². The van der Waals surface area contributed by atoms with Crippen LogP contribution in [0.1, 0.15) is 55.1 Å². The number of carbonyl (C=O) groups excluding carboxylic acids is 2. The number of pyridine rings is 1. The van der Waals surface area contributed by atoms with Crippen molar-refractivity contribution in [1.29, 1.82) is 0 Å². The number of benzene rings is 2. The maximum Gasteiger partial charge on any atom is 0.251 e. The number of nitrogens with zero attached hydrogens (tertiary/aromatic N) is 2. The van der Waals surface area contributed by atoms with Gasteiger partial charge in [-0.2, -0.15) is 0 Å². The second kappa shape index (κ2) is 9.39. The summed E-state index contributed by atoms with van der Waals surface area (Å²) < 4.78 is 11.4. The van der Waals surface area contributed by atoms with E-state index in [0.717, 1.165) is 29.7 Å². The van der Waals surface area contributed by atoms with Gasteiger partial charge in [0.25, 0.3) is 5.91 Å². The highest BCUT2D eigenvalue weighted by Gasteiger charge is 2.45. The fraction of sp³-hybridized carbons (Fsp3) is 0.345. The second-order valence-corrected chi connectivity index (χ2v) is 10.2. The first-order valence-electron chi connectivity index (χ1n) is 12.3. The quantitative estimate of drug-likeness (QED) is 0.536. The summed E-state index contributed by atoms with van der Waals surface area (Å²) in [7, 11) is 0. The molecule has 0 radical (unpaired) electrons. The Hall–Kier alpha value is -3.71. The third kappa shape index (κ3) is 4.58. The van der Waals surface area contributed by atoms with Crippen LogP contribution in [0.5, 0.6) is 5.75 Å². The highest BCUT2D eigenvalue weighted by Crippen LogP contribution is 2.45. The fourth-order valence-electron chi connectivity index (χ4n) is 4.75. The van der Waals surface area contributed by atoms with Crippen LogP contribution in [0, 0.1) is 0 Å². The van der Waals surface area contributed by atoms with E-state index in [0.29, 0.717) is 37.0 Å². The molecule has 2 amide bonds. The van der Waals surface area contributed by atoms with Gasteiger partial charge in [0.15, 0.2) is 0 Å². The molecular weight excluding hydrogens is 454 g/mol. The minimum Gasteiger partial charge on any atom is -0.489 e. The second-order valence-electron chi connectivity index (χ2n) is 10.2. The van der Waals surface area contributed by atoms with Crippen molar-refractivity contribution < 1.29 is 19.1 Å². The molecule has 3 aromatic rings. The maximum atomic E-state index is 13.6. The summed E-state index contributed by atoms with van der Waals surface area (Å²) in [6, 6.07) is 18.9. The Morgan fingerprint density at radius 3 is 2.56 bits per heavy atom. The van der Waals surface area contributed by atoms with Crippen molar-refractivity contribution >= 4 is 23.3 Å². The molecule has 0 bridgehead atoms. The molecule has 1 saturated heterocycles. The number of rotatable bonds is 6. The molecule has 186 valence electrons. The van der Waals surface area contributed by atoms with E-state index in [9.17, 15) is 9.59 Å². The number of fused-ring (bicyclic) bond motifs is 1. The number of hydrogen-bond acceptors (Lipinski definition) is 5. The van der Waals surface area contributed by atoms with Crippen molar-refractivity contribution in [1.82, 2.24) is 10.3 Å². The normalized spacial score (nSPS) is 18.0. The van der Waals surface area contributed by atoms with Gasteiger partial charge >= 0.3 is 0 Å². The number of carbonyl (C=O) groups is 2. The average Bonchev–Trinajstić information content (AvgIpc) is 3.08. The van der Waals surface area contributed by atoms with E-state index < -0.39 is 5.41 Å². The summed E-state index contributed by atoms with van der Waals surface area (Å²) in [5.41, 5.74) is 2.02. The van der Waals surface area contributed by atoms with E-state index in [1.54, 1.807) is 29.3 Å². The molecule has 0 atom stereocenters. The topological polar surface area (TPSA) is 80.8 Å². The van der Waals surface area contributed by atoms with Crippen LogP contribution in [0.15, 0.2) is 66.9 Å². The third-order valence-corrected chi connectivity index (χ3v) is 7.12. The standard InChI is InChI=1S/C29H31N3O4/c1-28(2)23-17-21(26(33)31-29(3)12-15-35-16-13-29)9-10-24(23)32(27(28)34)25-18-22(11-14-30-25)36-19-20-7-5-4-6-8-20/h4-11,14,17-18H,12-13,15-16,19H2,1-3H3,(H,31,33). The van der Waals surface area contributed by atoms with Gasteiger partial charge in [0, 0.05) is 36.6 Å². The van der Waals surface area contributed by atoms with E-state index in [1.807, 2.05) is 56.3 Å². The molecule has 36 heavy (non-hydrogen) atoms. The molecule has 1 N–H and O–H groups in total. The van der Waals surface area contributed by atoms with Gasteiger partial charge in [-0.15, -0.1) is 0 Å². The van der Waals surface area contributed by atoms with E-state index in [4.69, 9.17) is 9.47 Å². The monoisotopic (exact) mass is 485 g/mol. The van der Waals surface area contributed by atoms with Crippen molar-refractivity contribution in [2.75, 3.05) is 18.1 Å². The van der Waals surface area contributed by atoms with Crippen LogP contribution in [-0.2, 0) is 21.6 Å². The Kier molecular flexibility index (Phi) is 6.26. The minimum absolute atomic E-state index is 0.0980. The summed E-state index contributed by atoms with van der Waals surface area (Å²) in [6.07, 6.45) is 3.19. The van der Waals surface area contributed by atoms with Gasteiger partial charge in [0.05, 0.1) is 11.1 Å². The lowest BCUT2D eigenvalue weighted by molar-refractivity contribution is -0.121. The summed E-state index contributed by atoms with van der Waals surface area (Å²) in [5.74, 6) is 0.880. The van der Waals surface area contributed by atoms with Crippen molar-refractivity contribution in [3.8, 4) is 5.75 Å². The Morgan fingerprint density at radius 2 is 1.81 bits per heavy atom. The van der Waals surface area contributed by atoms with Gasteiger partial charge < -0.3 is 14.8 Å². The fourth-order valence-corrected chi connectivity index (χ4v) is 4.75. The molecule has 2 aromatic carbocycles. The smallest absolute Gasteiger partial charge is 0.251 e. The first-order chi connectivity index (χ1) is 17.3. The molecule has 0 aliphatic carbocycles. The molecule has 3 heterocycles. The van der Waals surface area contributed by atoms with Gasteiger partial charge in [-0.25, -0.2) is 4.98 Å². The lowest BCUT2D eigenvalue weighted by Crippen LogP contribution is -2.49. The Balaban J connectivity index is 1.40. The molecule has 1 fully saturated rings. The molecule has 0 unspecified atom stereocenters. The van der Waals surface area contributed by atoms with Crippen LogP contribution >= 0.6 is 0 Å².